The molecule has 0 bridgehead atoms. The topological polar surface area (TPSA) is 58.3 Å². The lowest BCUT2D eigenvalue weighted by molar-refractivity contribution is 0.423. The van der Waals surface area contributed by atoms with Crippen LogP contribution in [0.1, 0.15) is 5.56 Å². The molecule has 1 aromatic carbocycles. The largest absolute Gasteiger partial charge is 0.491 e. The highest BCUT2D eigenvalue weighted by molar-refractivity contribution is 6.58. The van der Waals surface area contributed by atoms with Crippen molar-refractivity contribution >= 4 is 12.6 Å². The summed E-state index contributed by atoms with van der Waals surface area (Å²) in [5.41, 5.74) is 0.667. The van der Waals surface area contributed by atoms with Crippen LogP contribution in [-0.2, 0) is 6.54 Å². The Bertz CT molecular complexity index is 474. The maximum absolute atomic E-state index is 13.2. The second-order valence-corrected chi connectivity index (χ2v) is 3.46. The van der Waals surface area contributed by atoms with Crippen molar-refractivity contribution in [2.24, 2.45) is 0 Å². The third-order valence-corrected chi connectivity index (χ3v) is 2.26. The number of aromatic nitrogens is 2. The van der Waals surface area contributed by atoms with Gasteiger partial charge >= 0.3 is 7.12 Å². The first-order chi connectivity index (χ1) is 7.66. The smallest absolute Gasteiger partial charge is 0.423 e. The van der Waals surface area contributed by atoms with Crippen LogP contribution in [0.4, 0.5) is 4.39 Å². The zero-order valence-corrected chi connectivity index (χ0v) is 8.42. The summed E-state index contributed by atoms with van der Waals surface area (Å²) in [5, 5.41) is 17.9. The predicted octanol–water partition coefficient (Wildman–Crippen LogP) is -0.250. The van der Waals surface area contributed by atoms with Gasteiger partial charge < -0.3 is 14.6 Å². The number of halogens is 1. The molecule has 1 heterocycles. The molecule has 4 nitrogen and oxygen atoms in total. The van der Waals surface area contributed by atoms with E-state index >= 15 is 0 Å². The average Bonchev–Trinajstić information content (AvgIpc) is 2.73. The van der Waals surface area contributed by atoms with E-state index in [4.69, 9.17) is 10.0 Å². The van der Waals surface area contributed by atoms with Gasteiger partial charge in [-0.05, 0) is 11.6 Å². The van der Waals surface area contributed by atoms with E-state index in [1.807, 2.05) is 0 Å². The van der Waals surface area contributed by atoms with E-state index in [1.54, 1.807) is 29.4 Å². The van der Waals surface area contributed by atoms with Gasteiger partial charge in [-0.25, -0.2) is 9.37 Å². The lowest BCUT2D eigenvalue weighted by Crippen LogP contribution is -2.33. The van der Waals surface area contributed by atoms with Gasteiger partial charge in [0.1, 0.15) is 5.82 Å². The van der Waals surface area contributed by atoms with Crippen molar-refractivity contribution in [2.45, 2.75) is 6.54 Å². The second-order valence-electron chi connectivity index (χ2n) is 3.46. The van der Waals surface area contributed by atoms with E-state index in [0.29, 0.717) is 6.54 Å². The molecule has 0 unspecified atom stereocenters. The summed E-state index contributed by atoms with van der Waals surface area (Å²) >= 11 is 0. The van der Waals surface area contributed by atoms with E-state index in [1.165, 1.54) is 12.1 Å². The van der Waals surface area contributed by atoms with Gasteiger partial charge in [-0.2, -0.15) is 0 Å². The second kappa shape index (κ2) is 4.46. The van der Waals surface area contributed by atoms with Gasteiger partial charge in [-0.3, -0.25) is 0 Å². The first kappa shape index (κ1) is 10.8. The van der Waals surface area contributed by atoms with Gasteiger partial charge in [0.2, 0.25) is 0 Å². The van der Waals surface area contributed by atoms with Crippen LogP contribution in [-0.4, -0.2) is 26.7 Å². The number of benzene rings is 1. The normalized spacial score (nSPS) is 10.4. The molecule has 0 spiro atoms. The molecule has 2 rings (SSSR count). The molecule has 0 atom stereocenters. The molecule has 1 aromatic heterocycles. The number of rotatable bonds is 3. The maximum Gasteiger partial charge on any atom is 0.491 e. The summed E-state index contributed by atoms with van der Waals surface area (Å²) in [5.74, 6) is -0.621. The summed E-state index contributed by atoms with van der Waals surface area (Å²) in [6, 6.07) is 4.25. The Kier molecular flexibility index (Phi) is 3.03. The third-order valence-electron chi connectivity index (χ3n) is 2.26. The minimum Gasteiger partial charge on any atom is -0.423 e. The molecule has 16 heavy (non-hydrogen) atoms. The van der Waals surface area contributed by atoms with Gasteiger partial charge in [0.15, 0.2) is 0 Å². The standard InChI is InChI=1S/C10H10BFN2O2/c12-10-2-1-8(5-9(10)11(15)16)6-14-4-3-13-7-14/h1-5,7,15-16H,6H2. The summed E-state index contributed by atoms with van der Waals surface area (Å²) in [6.07, 6.45) is 5.06. The minimum atomic E-state index is -1.79. The fourth-order valence-corrected chi connectivity index (χ4v) is 1.48. The van der Waals surface area contributed by atoms with Crippen LogP contribution in [0.2, 0.25) is 0 Å². The Labute approximate surface area is 92.1 Å². The van der Waals surface area contributed by atoms with Crippen molar-refractivity contribution in [3.63, 3.8) is 0 Å². The first-order valence-electron chi connectivity index (χ1n) is 4.77. The van der Waals surface area contributed by atoms with Crippen molar-refractivity contribution in [3.05, 3.63) is 48.3 Å². The number of hydrogen-bond donors (Lipinski definition) is 2. The predicted molar refractivity (Wildman–Crippen MR) is 57.6 cm³/mol. The van der Waals surface area contributed by atoms with Crippen molar-refractivity contribution < 1.29 is 14.4 Å². The molecule has 0 aliphatic rings. The molecule has 0 saturated heterocycles. The van der Waals surface area contributed by atoms with E-state index in [0.717, 1.165) is 5.56 Å². The Morgan fingerprint density at radius 1 is 1.38 bits per heavy atom. The maximum atomic E-state index is 13.2. The van der Waals surface area contributed by atoms with Gasteiger partial charge in [-0.15, -0.1) is 0 Å². The fourth-order valence-electron chi connectivity index (χ4n) is 1.48. The van der Waals surface area contributed by atoms with Crippen molar-refractivity contribution in [3.8, 4) is 0 Å². The van der Waals surface area contributed by atoms with E-state index < -0.39 is 12.9 Å². The molecule has 0 amide bonds. The summed E-state index contributed by atoms with van der Waals surface area (Å²) in [4.78, 5) is 3.88. The Hall–Kier alpha value is -1.66. The van der Waals surface area contributed by atoms with Gasteiger partial charge in [0, 0.05) is 24.4 Å². The zero-order chi connectivity index (χ0) is 11.5. The number of nitrogens with zero attached hydrogens (tertiary/aromatic N) is 2. The van der Waals surface area contributed by atoms with E-state index in [2.05, 4.69) is 4.98 Å². The van der Waals surface area contributed by atoms with E-state index in [9.17, 15) is 4.39 Å². The summed E-state index contributed by atoms with van der Waals surface area (Å²) in [7, 11) is -1.79. The highest BCUT2D eigenvalue weighted by Gasteiger charge is 2.16. The molecule has 82 valence electrons. The van der Waals surface area contributed by atoms with Crippen molar-refractivity contribution in [1.29, 1.82) is 0 Å². The monoisotopic (exact) mass is 220 g/mol. The van der Waals surface area contributed by atoms with Crippen LogP contribution in [0.15, 0.2) is 36.9 Å². The lowest BCUT2D eigenvalue weighted by Gasteiger charge is -2.06. The Morgan fingerprint density at radius 2 is 2.19 bits per heavy atom. The van der Waals surface area contributed by atoms with Crippen LogP contribution in [0.3, 0.4) is 0 Å². The van der Waals surface area contributed by atoms with Crippen molar-refractivity contribution in [2.75, 3.05) is 0 Å². The lowest BCUT2D eigenvalue weighted by atomic mass is 9.79. The summed E-state index contributed by atoms with van der Waals surface area (Å²) < 4.78 is 15.0. The SMILES string of the molecule is OB(O)c1cc(Cn2ccnc2)ccc1F. The summed E-state index contributed by atoms with van der Waals surface area (Å²) in [6.45, 7) is 0.514. The van der Waals surface area contributed by atoms with Crippen LogP contribution in [0.5, 0.6) is 0 Å². The molecule has 6 heteroatoms. The zero-order valence-electron chi connectivity index (χ0n) is 8.42. The minimum absolute atomic E-state index is 0.113. The van der Waals surface area contributed by atoms with Crippen molar-refractivity contribution in [1.82, 2.24) is 9.55 Å². The molecule has 0 aliphatic heterocycles. The number of imidazole rings is 1. The van der Waals surface area contributed by atoms with Crippen LogP contribution >= 0.6 is 0 Å². The van der Waals surface area contributed by atoms with Crippen LogP contribution < -0.4 is 5.46 Å². The highest BCUT2D eigenvalue weighted by atomic mass is 19.1. The highest BCUT2D eigenvalue weighted by Crippen LogP contribution is 2.04. The first-order valence-corrected chi connectivity index (χ1v) is 4.77. The molecule has 0 saturated carbocycles. The Balaban J connectivity index is 2.26. The third kappa shape index (κ3) is 2.29. The quantitative estimate of drug-likeness (QED) is 0.701. The number of hydrogen-bond acceptors (Lipinski definition) is 3. The molecular formula is C10H10BFN2O2. The van der Waals surface area contributed by atoms with Crippen LogP contribution in [0.25, 0.3) is 0 Å². The average molecular weight is 220 g/mol. The molecule has 0 fully saturated rings. The van der Waals surface area contributed by atoms with Gasteiger partial charge in [0.25, 0.3) is 0 Å². The fraction of sp³-hybridized carbons (Fsp3) is 0.100. The van der Waals surface area contributed by atoms with Gasteiger partial charge in [-0.1, -0.05) is 12.1 Å². The molecular weight excluding hydrogens is 210 g/mol. The molecule has 0 aliphatic carbocycles. The van der Waals surface area contributed by atoms with E-state index in [-0.39, 0.29) is 5.46 Å². The van der Waals surface area contributed by atoms with Gasteiger partial charge in [0.05, 0.1) is 6.33 Å². The molecule has 2 N–H and O–H groups in total. The molecule has 2 aromatic rings. The Morgan fingerprint density at radius 3 is 2.81 bits per heavy atom. The van der Waals surface area contributed by atoms with Crippen LogP contribution in [0, 0.1) is 5.82 Å². The molecule has 0 radical (unpaired) electrons.